The maximum atomic E-state index is 13.3. The van der Waals surface area contributed by atoms with Crippen LogP contribution in [-0.2, 0) is 4.79 Å². The van der Waals surface area contributed by atoms with Crippen molar-refractivity contribution in [3.63, 3.8) is 0 Å². The zero-order valence-electron chi connectivity index (χ0n) is 19.8. The normalized spacial score (nSPS) is 18.3. The lowest BCUT2D eigenvalue weighted by Crippen LogP contribution is -2.35. The molecule has 2 aliphatic rings. The molecule has 3 aromatic rings. The first kappa shape index (κ1) is 22.9. The number of pyridine rings is 2. The summed E-state index contributed by atoms with van der Waals surface area (Å²) in [6.07, 6.45) is 8.55. The smallest absolute Gasteiger partial charge is 0.326 e. The number of ketones is 1. The van der Waals surface area contributed by atoms with Crippen LogP contribution in [0.2, 0.25) is 0 Å². The van der Waals surface area contributed by atoms with Gasteiger partial charge >= 0.3 is 5.97 Å². The van der Waals surface area contributed by atoms with E-state index in [2.05, 4.69) is 20.3 Å². The Balaban J connectivity index is 1.49. The van der Waals surface area contributed by atoms with E-state index >= 15 is 0 Å². The molecule has 0 aromatic carbocycles. The molecule has 3 aromatic heterocycles. The third-order valence-corrected chi connectivity index (χ3v) is 7.11. The number of aryl methyl sites for hydroxylation is 1. The van der Waals surface area contributed by atoms with Gasteiger partial charge in [0.05, 0.1) is 17.4 Å². The van der Waals surface area contributed by atoms with Gasteiger partial charge in [-0.25, -0.2) is 14.8 Å². The molecule has 0 radical (unpaired) electrons. The number of aromatic nitrogens is 4. The SMILES string of the molecule is CC(=O)c1c(C)c2cnc(Nc3ccc(N4CCCC4C(=O)O)cn3)nc2n(C2CCCC2)c1=O. The highest BCUT2D eigenvalue weighted by atomic mass is 16.4. The molecule has 0 bridgehead atoms. The highest BCUT2D eigenvalue weighted by Gasteiger charge is 2.31. The molecule has 2 N–H and O–H groups in total. The lowest BCUT2D eigenvalue weighted by Gasteiger charge is -2.23. The number of carboxylic acid groups (broad SMARTS) is 1. The number of aliphatic carboxylic acids is 1. The average molecular weight is 477 g/mol. The predicted molar refractivity (Wildman–Crippen MR) is 132 cm³/mol. The second-order valence-electron chi connectivity index (χ2n) is 9.32. The Morgan fingerprint density at radius 2 is 1.86 bits per heavy atom. The van der Waals surface area contributed by atoms with Gasteiger partial charge in [0, 0.05) is 24.2 Å². The van der Waals surface area contributed by atoms with Crippen molar-refractivity contribution in [2.75, 3.05) is 16.8 Å². The second-order valence-corrected chi connectivity index (χ2v) is 9.32. The van der Waals surface area contributed by atoms with Crippen molar-refractivity contribution in [1.82, 2.24) is 19.5 Å². The van der Waals surface area contributed by atoms with E-state index in [-0.39, 0.29) is 22.9 Å². The van der Waals surface area contributed by atoms with E-state index in [1.54, 1.807) is 30.0 Å². The van der Waals surface area contributed by atoms with E-state index < -0.39 is 12.0 Å². The fraction of sp³-hybridized carbons (Fsp3) is 0.440. The molecule has 1 atom stereocenters. The van der Waals surface area contributed by atoms with Crippen molar-refractivity contribution in [2.45, 2.75) is 64.5 Å². The van der Waals surface area contributed by atoms with Gasteiger partial charge in [-0.2, -0.15) is 4.98 Å². The van der Waals surface area contributed by atoms with Crippen molar-refractivity contribution in [3.8, 4) is 0 Å². The molecular formula is C25H28N6O4. The van der Waals surface area contributed by atoms with Crippen LogP contribution in [0.5, 0.6) is 0 Å². The van der Waals surface area contributed by atoms with Crippen LogP contribution in [-0.4, -0.2) is 49.0 Å². The van der Waals surface area contributed by atoms with Gasteiger partial charge in [-0.15, -0.1) is 0 Å². The number of Topliss-reactive ketones (excluding diaryl/α,β-unsaturated/α-hetero) is 1. The summed E-state index contributed by atoms with van der Waals surface area (Å²) < 4.78 is 1.68. The van der Waals surface area contributed by atoms with Crippen LogP contribution in [0, 0.1) is 6.92 Å². The van der Waals surface area contributed by atoms with Gasteiger partial charge in [0.25, 0.3) is 5.56 Å². The minimum atomic E-state index is -0.828. The maximum Gasteiger partial charge on any atom is 0.326 e. The van der Waals surface area contributed by atoms with E-state index in [1.807, 2.05) is 11.0 Å². The molecule has 182 valence electrons. The molecule has 5 rings (SSSR count). The number of fused-ring (bicyclic) bond motifs is 1. The number of carbonyl (C=O) groups excluding carboxylic acids is 1. The van der Waals surface area contributed by atoms with E-state index in [9.17, 15) is 19.5 Å². The van der Waals surface area contributed by atoms with E-state index in [4.69, 9.17) is 0 Å². The van der Waals surface area contributed by atoms with Gasteiger partial charge in [-0.3, -0.25) is 14.2 Å². The number of carbonyl (C=O) groups is 2. The van der Waals surface area contributed by atoms with E-state index in [0.717, 1.165) is 37.8 Å². The summed E-state index contributed by atoms with van der Waals surface area (Å²) in [6, 6.07) is 3.06. The third-order valence-electron chi connectivity index (χ3n) is 7.11. The van der Waals surface area contributed by atoms with Crippen LogP contribution in [0.15, 0.2) is 29.3 Å². The standard InChI is InChI=1S/C25H28N6O4/c1-14-18-13-27-25(28-20-10-9-17(12-26-20)30-11-5-8-19(30)24(34)35)29-22(18)31(16-6-3-4-7-16)23(33)21(14)15(2)32/h9-10,12-13,16,19H,3-8,11H2,1-2H3,(H,34,35)(H,26,27,28,29). The lowest BCUT2D eigenvalue weighted by atomic mass is 10.0. The van der Waals surface area contributed by atoms with Gasteiger partial charge in [-0.1, -0.05) is 12.8 Å². The van der Waals surface area contributed by atoms with E-state index in [0.29, 0.717) is 41.3 Å². The molecular weight excluding hydrogens is 448 g/mol. The van der Waals surface area contributed by atoms with Crippen LogP contribution in [0.25, 0.3) is 11.0 Å². The van der Waals surface area contributed by atoms with Crippen molar-refractivity contribution in [1.29, 1.82) is 0 Å². The quantitative estimate of drug-likeness (QED) is 0.512. The Kier molecular flexibility index (Phi) is 5.96. The zero-order chi connectivity index (χ0) is 24.7. The summed E-state index contributed by atoms with van der Waals surface area (Å²) in [7, 11) is 0. The summed E-state index contributed by atoms with van der Waals surface area (Å²) in [5, 5.41) is 13.2. The molecule has 2 fully saturated rings. The number of carboxylic acids is 1. The number of anilines is 3. The van der Waals surface area contributed by atoms with Crippen LogP contribution in [0.4, 0.5) is 17.5 Å². The molecule has 1 aliphatic heterocycles. The maximum absolute atomic E-state index is 13.3. The summed E-state index contributed by atoms with van der Waals surface area (Å²) in [5.41, 5.74) is 1.77. The minimum Gasteiger partial charge on any atom is -0.480 e. The first-order valence-electron chi connectivity index (χ1n) is 12.0. The topological polar surface area (TPSA) is 130 Å². The summed E-state index contributed by atoms with van der Waals surface area (Å²) in [5.74, 6) is -0.281. The lowest BCUT2D eigenvalue weighted by molar-refractivity contribution is -0.138. The van der Waals surface area contributed by atoms with Crippen LogP contribution in [0.1, 0.15) is 67.4 Å². The Morgan fingerprint density at radius 1 is 1.09 bits per heavy atom. The van der Waals surface area contributed by atoms with Crippen molar-refractivity contribution < 1.29 is 14.7 Å². The Morgan fingerprint density at radius 3 is 2.51 bits per heavy atom. The summed E-state index contributed by atoms with van der Waals surface area (Å²) in [4.78, 5) is 52.5. The van der Waals surface area contributed by atoms with Crippen LogP contribution in [0.3, 0.4) is 0 Å². The third kappa shape index (κ3) is 4.13. The zero-order valence-corrected chi connectivity index (χ0v) is 19.8. The molecule has 4 heterocycles. The first-order chi connectivity index (χ1) is 16.8. The molecule has 1 aliphatic carbocycles. The number of nitrogens with one attached hydrogen (secondary N) is 1. The molecule has 0 spiro atoms. The average Bonchev–Trinajstić information content (AvgIpc) is 3.52. The Hall–Kier alpha value is -3.82. The van der Waals surface area contributed by atoms with Crippen molar-refractivity contribution in [2.24, 2.45) is 0 Å². The highest BCUT2D eigenvalue weighted by Crippen LogP contribution is 2.32. The Bertz CT molecular complexity index is 1360. The molecule has 1 saturated heterocycles. The van der Waals surface area contributed by atoms with Gasteiger partial charge in [0.1, 0.15) is 17.5 Å². The minimum absolute atomic E-state index is 0.00602. The number of rotatable bonds is 6. The van der Waals surface area contributed by atoms with Crippen molar-refractivity contribution >= 4 is 40.2 Å². The first-order valence-corrected chi connectivity index (χ1v) is 12.0. The molecule has 0 amide bonds. The fourth-order valence-electron chi connectivity index (χ4n) is 5.39. The number of hydrogen-bond acceptors (Lipinski definition) is 8. The highest BCUT2D eigenvalue weighted by molar-refractivity contribution is 5.99. The van der Waals surface area contributed by atoms with Crippen LogP contribution >= 0.6 is 0 Å². The monoisotopic (exact) mass is 476 g/mol. The fourth-order valence-corrected chi connectivity index (χ4v) is 5.39. The summed E-state index contributed by atoms with van der Waals surface area (Å²) in [6.45, 7) is 3.86. The molecule has 1 unspecified atom stereocenters. The molecule has 35 heavy (non-hydrogen) atoms. The largest absolute Gasteiger partial charge is 0.480 e. The van der Waals surface area contributed by atoms with Crippen LogP contribution < -0.4 is 15.8 Å². The van der Waals surface area contributed by atoms with Gasteiger partial charge in [0.2, 0.25) is 5.95 Å². The van der Waals surface area contributed by atoms with E-state index in [1.165, 1.54) is 6.92 Å². The number of hydrogen-bond donors (Lipinski definition) is 2. The Labute approximate surface area is 202 Å². The molecule has 10 heteroatoms. The molecule has 10 nitrogen and oxygen atoms in total. The predicted octanol–water partition coefficient (Wildman–Crippen LogP) is 3.61. The number of nitrogens with zero attached hydrogens (tertiary/aromatic N) is 5. The summed E-state index contributed by atoms with van der Waals surface area (Å²) >= 11 is 0. The van der Waals surface area contributed by atoms with Gasteiger partial charge < -0.3 is 15.3 Å². The molecule has 1 saturated carbocycles. The second kappa shape index (κ2) is 9.09. The van der Waals surface area contributed by atoms with Gasteiger partial charge in [-0.05, 0) is 57.2 Å². The van der Waals surface area contributed by atoms with Gasteiger partial charge in [0.15, 0.2) is 5.78 Å². The van der Waals surface area contributed by atoms with Crippen molar-refractivity contribution in [3.05, 3.63) is 46.0 Å².